The number of nitrogens with one attached hydrogen (secondary N) is 1. The molecule has 0 spiro atoms. The molecule has 26 heavy (non-hydrogen) atoms. The van der Waals surface area contributed by atoms with Gasteiger partial charge in [-0.1, -0.05) is 0 Å². The predicted molar refractivity (Wildman–Crippen MR) is 97.2 cm³/mol. The van der Waals surface area contributed by atoms with Gasteiger partial charge in [0.2, 0.25) is 0 Å². The number of anilines is 1. The van der Waals surface area contributed by atoms with Gasteiger partial charge in [0.05, 0.1) is 6.54 Å². The van der Waals surface area contributed by atoms with Crippen LogP contribution in [-0.2, 0) is 6.54 Å². The van der Waals surface area contributed by atoms with Crippen molar-refractivity contribution >= 4 is 11.7 Å². The van der Waals surface area contributed by atoms with Crippen molar-refractivity contribution < 1.29 is 4.79 Å². The van der Waals surface area contributed by atoms with Crippen molar-refractivity contribution in [1.29, 1.82) is 0 Å². The number of hydrogen-bond acceptors (Lipinski definition) is 4. The highest BCUT2D eigenvalue weighted by atomic mass is 16.2. The quantitative estimate of drug-likeness (QED) is 0.767. The van der Waals surface area contributed by atoms with Gasteiger partial charge in [-0.15, -0.1) is 0 Å². The lowest BCUT2D eigenvalue weighted by molar-refractivity contribution is 0.102. The minimum atomic E-state index is -0.432. The van der Waals surface area contributed by atoms with Gasteiger partial charge >= 0.3 is 0 Å². The molecule has 0 atom stereocenters. The third-order valence-corrected chi connectivity index (χ3v) is 4.44. The molecule has 3 aromatic rings. The molecule has 7 nitrogen and oxygen atoms in total. The van der Waals surface area contributed by atoms with E-state index in [0.717, 1.165) is 24.1 Å². The standard InChI is InChI=1S/C19H19N5O2/c1-13-10-17(25)16(12-24(13)15-2-3-15)19(26)21-18-6-9-23(22-18)11-14-4-7-20-8-5-14/h4-10,12,15H,2-3,11H2,1H3,(H,21,22,26). The number of amides is 1. The van der Waals surface area contributed by atoms with E-state index in [9.17, 15) is 9.59 Å². The predicted octanol–water partition coefficient (Wildman–Crippen LogP) is 2.38. The molecule has 132 valence electrons. The highest BCUT2D eigenvalue weighted by Crippen LogP contribution is 2.35. The zero-order chi connectivity index (χ0) is 18.1. The van der Waals surface area contributed by atoms with Gasteiger partial charge in [0.25, 0.3) is 5.91 Å². The third-order valence-electron chi connectivity index (χ3n) is 4.44. The average molecular weight is 349 g/mol. The molecule has 3 aromatic heterocycles. The smallest absolute Gasteiger partial charge is 0.262 e. The Morgan fingerprint density at radius 3 is 2.77 bits per heavy atom. The number of nitrogens with zero attached hydrogens (tertiary/aromatic N) is 4. The molecule has 0 aliphatic heterocycles. The highest BCUT2D eigenvalue weighted by Gasteiger charge is 2.25. The number of aryl methyl sites for hydroxylation is 1. The van der Waals surface area contributed by atoms with E-state index in [-0.39, 0.29) is 11.0 Å². The van der Waals surface area contributed by atoms with Crippen molar-refractivity contribution in [2.75, 3.05) is 5.32 Å². The Hall–Kier alpha value is -3.22. The average Bonchev–Trinajstić information content (AvgIpc) is 3.37. The summed E-state index contributed by atoms with van der Waals surface area (Å²) in [4.78, 5) is 28.7. The summed E-state index contributed by atoms with van der Waals surface area (Å²) in [5, 5.41) is 7.06. The largest absolute Gasteiger partial charge is 0.348 e. The van der Waals surface area contributed by atoms with E-state index in [1.165, 1.54) is 6.07 Å². The maximum absolute atomic E-state index is 12.5. The first kappa shape index (κ1) is 16.3. The second-order valence-electron chi connectivity index (χ2n) is 6.54. The Kier molecular flexibility index (Phi) is 4.12. The molecule has 0 unspecified atom stereocenters. The minimum Gasteiger partial charge on any atom is -0.348 e. The van der Waals surface area contributed by atoms with Crippen LogP contribution in [0.2, 0.25) is 0 Å². The summed E-state index contributed by atoms with van der Waals surface area (Å²) in [5.41, 5.74) is 1.82. The van der Waals surface area contributed by atoms with Crippen LogP contribution in [0.3, 0.4) is 0 Å². The van der Waals surface area contributed by atoms with Crippen LogP contribution < -0.4 is 10.7 Å². The Bertz CT molecular complexity index is 1000. The third kappa shape index (κ3) is 3.42. The Morgan fingerprint density at radius 2 is 2.04 bits per heavy atom. The summed E-state index contributed by atoms with van der Waals surface area (Å²) in [6.45, 7) is 2.47. The lowest BCUT2D eigenvalue weighted by Crippen LogP contribution is -2.24. The summed E-state index contributed by atoms with van der Waals surface area (Å²) >= 11 is 0. The molecule has 1 fully saturated rings. The van der Waals surface area contributed by atoms with E-state index in [0.29, 0.717) is 18.4 Å². The number of hydrogen-bond donors (Lipinski definition) is 1. The van der Waals surface area contributed by atoms with Crippen LogP contribution in [0.15, 0.2) is 53.8 Å². The number of carbonyl (C=O) groups excluding carboxylic acids is 1. The molecule has 4 rings (SSSR count). The SMILES string of the molecule is Cc1cc(=O)c(C(=O)Nc2ccn(Cc3ccncc3)n2)cn1C1CC1. The molecule has 0 radical (unpaired) electrons. The van der Waals surface area contributed by atoms with Gasteiger partial charge in [0.1, 0.15) is 5.56 Å². The lowest BCUT2D eigenvalue weighted by atomic mass is 10.2. The molecule has 0 saturated heterocycles. The van der Waals surface area contributed by atoms with Crippen LogP contribution in [0.4, 0.5) is 5.82 Å². The monoisotopic (exact) mass is 349 g/mol. The van der Waals surface area contributed by atoms with E-state index in [1.807, 2.05) is 23.6 Å². The van der Waals surface area contributed by atoms with Crippen molar-refractivity contribution in [2.24, 2.45) is 0 Å². The number of pyridine rings is 2. The maximum Gasteiger partial charge on any atom is 0.262 e. The fourth-order valence-electron chi connectivity index (χ4n) is 2.94. The first-order valence-corrected chi connectivity index (χ1v) is 8.56. The molecule has 1 amide bonds. The first-order chi connectivity index (χ1) is 12.6. The Morgan fingerprint density at radius 1 is 1.27 bits per heavy atom. The van der Waals surface area contributed by atoms with Crippen molar-refractivity contribution in [3.8, 4) is 0 Å². The highest BCUT2D eigenvalue weighted by molar-refractivity contribution is 6.03. The zero-order valence-electron chi connectivity index (χ0n) is 14.4. The molecule has 0 aromatic carbocycles. The molecular weight excluding hydrogens is 330 g/mol. The molecule has 1 aliphatic carbocycles. The normalized spacial score (nSPS) is 13.6. The maximum atomic E-state index is 12.5. The number of carbonyl (C=O) groups is 1. The van der Waals surface area contributed by atoms with Crippen LogP contribution in [0, 0.1) is 6.92 Å². The molecule has 1 saturated carbocycles. The van der Waals surface area contributed by atoms with Gasteiger partial charge in [-0.3, -0.25) is 19.3 Å². The van der Waals surface area contributed by atoms with E-state index in [4.69, 9.17) is 0 Å². The second-order valence-corrected chi connectivity index (χ2v) is 6.54. The summed E-state index contributed by atoms with van der Waals surface area (Å²) in [6.07, 6.45) is 9.08. The van der Waals surface area contributed by atoms with E-state index in [1.54, 1.807) is 35.5 Å². The number of aromatic nitrogens is 4. The van der Waals surface area contributed by atoms with Crippen molar-refractivity contribution in [2.45, 2.75) is 32.4 Å². The van der Waals surface area contributed by atoms with E-state index >= 15 is 0 Å². The van der Waals surface area contributed by atoms with Crippen molar-refractivity contribution in [3.05, 3.63) is 76.1 Å². The Balaban J connectivity index is 1.50. The van der Waals surface area contributed by atoms with Gasteiger partial charge in [-0.2, -0.15) is 5.10 Å². The molecule has 0 bridgehead atoms. The first-order valence-electron chi connectivity index (χ1n) is 8.56. The summed E-state index contributed by atoms with van der Waals surface area (Å²) in [7, 11) is 0. The van der Waals surface area contributed by atoms with Crippen LogP contribution in [-0.4, -0.2) is 25.2 Å². The lowest BCUT2D eigenvalue weighted by Gasteiger charge is -2.11. The van der Waals surface area contributed by atoms with Crippen LogP contribution in [0.25, 0.3) is 0 Å². The molecule has 1 N–H and O–H groups in total. The van der Waals surface area contributed by atoms with Gasteiger partial charge in [0.15, 0.2) is 11.2 Å². The summed E-state index contributed by atoms with van der Waals surface area (Å²) in [5.74, 6) is -0.0134. The van der Waals surface area contributed by atoms with Crippen molar-refractivity contribution in [1.82, 2.24) is 19.3 Å². The summed E-state index contributed by atoms with van der Waals surface area (Å²) < 4.78 is 3.74. The van der Waals surface area contributed by atoms with Crippen LogP contribution in [0.1, 0.15) is 40.5 Å². The van der Waals surface area contributed by atoms with Gasteiger partial charge in [-0.05, 0) is 37.5 Å². The van der Waals surface area contributed by atoms with E-state index < -0.39 is 5.91 Å². The van der Waals surface area contributed by atoms with Crippen LogP contribution in [0.5, 0.6) is 0 Å². The van der Waals surface area contributed by atoms with E-state index in [2.05, 4.69) is 15.4 Å². The molecule has 1 aliphatic rings. The van der Waals surface area contributed by atoms with Crippen LogP contribution >= 0.6 is 0 Å². The minimum absolute atomic E-state index is 0.145. The van der Waals surface area contributed by atoms with Gasteiger partial charge < -0.3 is 9.88 Å². The Labute approximate surface area is 150 Å². The summed E-state index contributed by atoms with van der Waals surface area (Å²) in [6, 6.07) is 7.46. The fraction of sp³-hybridized carbons (Fsp3) is 0.263. The number of rotatable bonds is 5. The van der Waals surface area contributed by atoms with Gasteiger partial charge in [-0.25, -0.2) is 0 Å². The topological polar surface area (TPSA) is 81.8 Å². The van der Waals surface area contributed by atoms with Gasteiger partial charge in [0, 0.05) is 48.7 Å². The molecule has 3 heterocycles. The molecule has 7 heteroatoms. The fourth-order valence-corrected chi connectivity index (χ4v) is 2.94. The van der Waals surface area contributed by atoms with Crippen molar-refractivity contribution in [3.63, 3.8) is 0 Å². The zero-order valence-corrected chi connectivity index (χ0v) is 14.4. The second kappa shape index (κ2) is 6.59. The molecular formula is C19H19N5O2.